The molecule has 0 spiro atoms. The normalized spacial score (nSPS) is 13.1. The minimum absolute atomic E-state index is 0.285. The number of hydrogen-bond acceptors (Lipinski definition) is 3. The molecule has 1 atom stereocenters. The van der Waals surface area contributed by atoms with Crippen LogP contribution in [0.2, 0.25) is 0 Å². The van der Waals surface area contributed by atoms with Gasteiger partial charge in [-0.2, -0.15) is 0 Å². The standard InChI is InChI=1S/C2H5NO4S/c4-3(5)1-2-8(6)7/h1-2H2,(H,6,7). The van der Waals surface area contributed by atoms with Gasteiger partial charge in [-0.1, -0.05) is 0 Å². The van der Waals surface area contributed by atoms with Gasteiger partial charge in [0.05, 0.1) is 0 Å². The van der Waals surface area contributed by atoms with E-state index in [0.717, 1.165) is 0 Å². The monoisotopic (exact) mass is 139 g/mol. The smallest absolute Gasteiger partial charge is 0.217 e. The first-order chi connectivity index (χ1) is 3.63. The molecule has 0 aliphatic rings. The molecule has 0 fully saturated rings. The molecule has 0 amide bonds. The zero-order chi connectivity index (χ0) is 6.57. The van der Waals surface area contributed by atoms with Crippen molar-refractivity contribution in [2.45, 2.75) is 0 Å². The summed E-state index contributed by atoms with van der Waals surface area (Å²) in [5, 5.41) is 9.46. The SMILES string of the molecule is O=[N+]([O-])CCS(=O)O. The van der Waals surface area contributed by atoms with E-state index in [-0.39, 0.29) is 5.75 Å². The summed E-state index contributed by atoms with van der Waals surface area (Å²) in [5.41, 5.74) is 0. The van der Waals surface area contributed by atoms with Crippen LogP contribution in [0.15, 0.2) is 0 Å². The van der Waals surface area contributed by atoms with Gasteiger partial charge in [0.25, 0.3) is 0 Å². The molecule has 48 valence electrons. The predicted octanol–water partition coefficient (Wildman–Crippen LogP) is -0.515. The van der Waals surface area contributed by atoms with Gasteiger partial charge in [0.15, 0.2) is 11.1 Å². The van der Waals surface area contributed by atoms with E-state index in [1.807, 2.05) is 0 Å². The van der Waals surface area contributed by atoms with Crippen molar-refractivity contribution in [1.29, 1.82) is 0 Å². The Labute approximate surface area is 48.1 Å². The fourth-order valence-electron chi connectivity index (χ4n) is 0.153. The molecular formula is C2H5NO4S. The van der Waals surface area contributed by atoms with Crippen molar-refractivity contribution in [1.82, 2.24) is 0 Å². The van der Waals surface area contributed by atoms with Gasteiger partial charge in [0.1, 0.15) is 5.75 Å². The van der Waals surface area contributed by atoms with Crippen molar-refractivity contribution in [2.24, 2.45) is 0 Å². The number of hydrogen-bond donors (Lipinski definition) is 1. The van der Waals surface area contributed by atoms with Crippen LogP contribution in [0.4, 0.5) is 0 Å². The van der Waals surface area contributed by atoms with E-state index in [9.17, 15) is 14.3 Å². The average Bonchev–Trinajstić information content (AvgIpc) is 1.61. The second-order valence-electron chi connectivity index (χ2n) is 1.08. The van der Waals surface area contributed by atoms with Crippen molar-refractivity contribution in [3.63, 3.8) is 0 Å². The van der Waals surface area contributed by atoms with Crippen LogP contribution in [0.25, 0.3) is 0 Å². The predicted molar refractivity (Wildman–Crippen MR) is 27.5 cm³/mol. The maximum absolute atomic E-state index is 9.71. The highest BCUT2D eigenvalue weighted by Crippen LogP contribution is 1.73. The highest BCUT2D eigenvalue weighted by atomic mass is 32.2. The topological polar surface area (TPSA) is 80.4 Å². The van der Waals surface area contributed by atoms with Crippen molar-refractivity contribution in [2.75, 3.05) is 12.3 Å². The van der Waals surface area contributed by atoms with Gasteiger partial charge in [-0.05, 0) is 0 Å². The second kappa shape index (κ2) is 3.50. The molecule has 5 nitrogen and oxygen atoms in total. The molecule has 0 aliphatic heterocycles. The maximum Gasteiger partial charge on any atom is 0.217 e. The largest absolute Gasteiger partial charge is 0.306 e. The molecule has 0 saturated carbocycles. The summed E-state index contributed by atoms with van der Waals surface area (Å²) in [4.78, 5) is 8.83. The summed E-state index contributed by atoms with van der Waals surface area (Å²) < 4.78 is 17.7. The van der Waals surface area contributed by atoms with E-state index in [2.05, 4.69) is 0 Å². The minimum atomic E-state index is -2.03. The third kappa shape index (κ3) is 5.51. The fourth-order valence-corrected chi connectivity index (χ4v) is 0.458. The molecule has 1 unspecified atom stereocenters. The average molecular weight is 139 g/mol. The lowest BCUT2D eigenvalue weighted by Crippen LogP contribution is -2.09. The van der Waals surface area contributed by atoms with Gasteiger partial charge in [-0.3, -0.25) is 10.1 Å². The summed E-state index contributed by atoms with van der Waals surface area (Å²) in [6.07, 6.45) is 0. The van der Waals surface area contributed by atoms with Gasteiger partial charge in [0.2, 0.25) is 6.54 Å². The lowest BCUT2D eigenvalue weighted by atomic mass is 10.8. The Morgan fingerprint density at radius 1 is 1.75 bits per heavy atom. The maximum atomic E-state index is 9.71. The Morgan fingerprint density at radius 2 is 2.25 bits per heavy atom. The number of nitro groups is 1. The molecule has 0 rings (SSSR count). The molecule has 0 saturated heterocycles. The molecule has 6 heteroatoms. The Hall–Kier alpha value is -0.490. The first-order valence-corrected chi connectivity index (χ1v) is 3.10. The molecule has 8 heavy (non-hydrogen) atoms. The molecule has 0 aromatic heterocycles. The van der Waals surface area contributed by atoms with Gasteiger partial charge >= 0.3 is 0 Å². The summed E-state index contributed by atoms with van der Waals surface area (Å²) in [6.45, 7) is -0.441. The molecule has 0 heterocycles. The summed E-state index contributed by atoms with van der Waals surface area (Å²) in [6, 6.07) is 0. The van der Waals surface area contributed by atoms with Crippen LogP contribution in [0.1, 0.15) is 0 Å². The molecular weight excluding hydrogens is 134 g/mol. The summed E-state index contributed by atoms with van der Waals surface area (Å²) >= 11 is -2.03. The first kappa shape index (κ1) is 7.51. The third-order valence-corrected chi connectivity index (χ3v) is 0.980. The van der Waals surface area contributed by atoms with Gasteiger partial charge in [0, 0.05) is 4.92 Å². The van der Waals surface area contributed by atoms with Crippen molar-refractivity contribution in [3.05, 3.63) is 10.1 Å². The van der Waals surface area contributed by atoms with Crippen LogP contribution < -0.4 is 0 Å². The minimum Gasteiger partial charge on any atom is -0.306 e. The molecule has 0 aromatic carbocycles. The molecule has 0 bridgehead atoms. The summed E-state index contributed by atoms with van der Waals surface area (Å²) in [5.74, 6) is -0.285. The Bertz CT molecular complexity index is 98.6. The van der Waals surface area contributed by atoms with E-state index >= 15 is 0 Å². The summed E-state index contributed by atoms with van der Waals surface area (Å²) in [7, 11) is 0. The van der Waals surface area contributed by atoms with E-state index in [1.54, 1.807) is 0 Å². The van der Waals surface area contributed by atoms with E-state index in [1.165, 1.54) is 0 Å². The molecule has 0 aromatic rings. The zero-order valence-electron chi connectivity index (χ0n) is 3.94. The van der Waals surface area contributed by atoms with Crippen LogP contribution in [0.5, 0.6) is 0 Å². The Morgan fingerprint density at radius 3 is 2.38 bits per heavy atom. The Kier molecular flexibility index (Phi) is 3.29. The van der Waals surface area contributed by atoms with Crippen LogP contribution >= 0.6 is 0 Å². The van der Waals surface area contributed by atoms with Crippen molar-refractivity contribution >= 4 is 11.1 Å². The van der Waals surface area contributed by atoms with E-state index in [0.29, 0.717) is 0 Å². The second-order valence-corrected chi connectivity index (χ2v) is 2.13. The zero-order valence-corrected chi connectivity index (χ0v) is 4.76. The molecule has 0 aliphatic carbocycles. The quantitative estimate of drug-likeness (QED) is 0.324. The fraction of sp³-hybridized carbons (Fsp3) is 1.00. The van der Waals surface area contributed by atoms with Crippen LogP contribution in [-0.4, -0.2) is 26.0 Å². The van der Waals surface area contributed by atoms with Gasteiger partial charge < -0.3 is 4.55 Å². The van der Waals surface area contributed by atoms with Gasteiger partial charge in [-0.25, -0.2) is 4.21 Å². The highest BCUT2D eigenvalue weighted by Gasteiger charge is 1.99. The lowest BCUT2D eigenvalue weighted by Gasteiger charge is -1.85. The Balaban J connectivity index is 3.18. The van der Waals surface area contributed by atoms with Crippen LogP contribution in [0.3, 0.4) is 0 Å². The van der Waals surface area contributed by atoms with E-state index in [4.69, 9.17) is 4.55 Å². The number of nitrogens with zero attached hydrogens (tertiary/aromatic N) is 1. The van der Waals surface area contributed by atoms with Crippen molar-refractivity contribution < 1.29 is 13.7 Å². The van der Waals surface area contributed by atoms with E-state index < -0.39 is 22.5 Å². The third-order valence-electron chi connectivity index (χ3n) is 0.448. The first-order valence-electron chi connectivity index (χ1n) is 1.82. The molecule has 1 N–H and O–H groups in total. The van der Waals surface area contributed by atoms with Gasteiger partial charge in [-0.15, -0.1) is 0 Å². The lowest BCUT2D eigenvalue weighted by molar-refractivity contribution is -0.474. The number of rotatable bonds is 3. The van der Waals surface area contributed by atoms with Crippen LogP contribution in [-0.2, 0) is 11.1 Å². The highest BCUT2D eigenvalue weighted by molar-refractivity contribution is 7.79. The van der Waals surface area contributed by atoms with Crippen LogP contribution in [0, 0.1) is 10.1 Å². The molecule has 0 radical (unpaired) electrons. The van der Waals surface area contributed by atoms with Crippen molar-refractivity contribution in [3.8, 4) is 0 Å².